The Morgan fingerprint density at radius 2 is 2.06 bits per heavy atom. The number of nitrogens with one attached hydrogen (secondary N) is 2. The van der Waals surface area contributed by atoms with E-state index in [-0.39, 0.29) is 5.91 Å². The van der Waals surface area contributed by atoms with Gasteiger partial charge in [0.2, 0.25) is 5.91 Å². The zero-order valence-corrected chi connectivity index (χ0v) is 11.2. The standard InChI is InChI=1S/C14H26N2O2/c17-14(16-11-13-4-7-15-10-13)3-1-2-12-5-8-18-9-6-12/h12-13,15H,1-11H2,(H,16,17). The minimum absolute atomic E-state index is 0.231. The molecule has 4 heteroatoms. The van der Waals surface area contributed by atoms with Crippen molar-refractivity contribution in [1.29, 1.82) is 0 Å². The second kappa shape index (κ2) is 7.74. The van der Waals surface area contributed by atoms with Gasteiger partial charge in [-0.2, -0.15) is 0 Å². The number of ether oxygens (including phenoxy) is 1. The largest absolute Gasteiger partial charge is 0.381 e. The fraction of sp³-hybridized carbons (Fsp3) is 0.929. The predicted octanol–water partition coefficient (Wildman–Crippen LogP) is 1.31. The van der Waals surface area contributed by atoms with E-state index >= 15 is 0 Å². The molecule has 1 amide bonds. The number of rotatable bonds is 6. The highest BCUT2D eigenvalue weighted by Crippen LogP contribution is 2.20. The lowest BCUT2D eigenvalue weighted by atomic mass is 9.94. The van der Waals surface area contributed by atoms with Crippen LogP contribution in [0.1, 0.15) is 38.5 Å². The SMILES string of the molecule is O=C(CCCC1CCOCC1)NCC1CCNC1. The average molecular weight is 254 g/mol. The molecule has 18 heavy (non-hydrogen) atoms. The Morgan fingerprint density at radius 3 is 2.78 bits per heavy atom. The van der Waals surface area contributed by atoms with Crippen LogP contribution in [-0.4, -0.2) is 38.8 Å². The van der Waals surface area contributed by atoms with Crippen molar-refractivity contribution in [2.75, 3.05) is 32.8 Å². The van der Waals surface area contributed by atoms with Crippen LogP contribution in [0.3, 0.4) is 0 Å². The van der Waals surface area contributed by atoms with E-state index in [1.165, 1.54) is 25.7 Å². The second-order valence-electron chi connectivity index (χ2n) is 5.61. The molecule has 0 aromatic heterocycles. The normalized spacial score (nSPS) is 25.2. The summed E-state index contributed by atoms with van der Waals surface area (Å²) in [6.45, 7) is 4.83. The molecule has 0 spiro atoms. The fourth-order valence-corrected chi connectivity index (χ4v) is 2.82. The zero-order chi connectivity index (χ0) is 12.6. The van der Waals surface area contributed by atoms with E-state index in [4.69, 9.17) is 4.74 Å². The van der Waals surface area contributed by atoms with Gasteiger partial charge in [0.25, 0.3) is 0 Å². The smallest absolute Gasteiger partial charge is 0.220 e. The molecule has 0 aromatic rings. The molecule has 1 unspecified atom stereocenters. The van der Waals surface area contributed by atoms with Crippen LogP contribution in [0.4, 0.5) is 0 Å². The van der Waals surface area contributed by atoms with Gasteiger partial charge >= 0.3 is 0 Å². The van der Waals surface area contributed by atoms with Gasteiger partial charge in [-0.3, -0.25) is 4.79 Å². The van der Waals surface area contributed by atoms with Gasteiger partial charge in [0.1, 0.15) is 0 Å². The van der Waals surface area contributed by atoms with E-state index in [1.807, 2.05) is 0 Å². The van der Waals surface area contributed by atoms with Crippen molar-refractivity contribution in [3.63, 3.8) is 0 Å². The quantitative estimate of drug-likeness (QED) is 0.751. The lowest BCUT2D eigenvalue weighted by molar-refractivity contribution is -0.121. The predicted molar refractivity (Wildman–Crippen MR) is 71.4 cm³/mol. The molecular weight excluding hydrogens is 228 g/mol. The Hall–Kier alpha value is -0.610. The van der Waals surface area contributed by atoms with Crippen LogP contribution in [0.15, 0.2) is 0 Å². The van der Waals surface area contributed by atoms with Crippen LogP contribution in [0.2, 0.25) is 0 Å². The Bertz CT molecular complexity index is 246. The summed E-state index contributed by atoms with van der Waals surface area (Å²) in [5.74, 6) is 1.66. The molecule has 0 aromatic carbocycles. The molecular formula is C14H26N2O2. The number of hydrogen-bond donors (Lipinski definition) is 2. The molecule has 0 aliphatic carbocycles. The van der Waals surface area contributed by atoms with E-state index in [2.05, 4.69) is 10.6 Å². The molecule has 2 N–H and O–H groups in total. The summed E-state index contributed by atoms with van der Waals surface area (Å²) in [6.07, 6.45) is 6.45. The van der Waals surface area contributed by atoms with Gasteiger partial charge in [0.05, 0.1) is 0 Å². The first-order valence-corrected chi connectivity index (χ1v) is 7.40. The summed E-state index contributed by atoms with van der Waals surface area (Å²) < 4.78 is 5.34. The maximum absolute atomic E-state index is 11.7. The van der Waals surface area contributed by atoms with Crippen LogP contribution in [0.25, 0.3) is 0 Å². The van der Waals surface area contributed by atoms with Crippen molar-refractivity contribution in [2.45, 2.75) is 38.5 Å². The molecule has 1 atom stereocenters. The summed E-state index contributed by atoms with van der Waals surface area (Å²) >= 11 is 0. The highest BCUT2D eigenvalue weighted by Gasteiger charge is 2.16. The lowest BCUT2D eigenvalue weighted by Gasteiger charge is -2.21. The van der Waals surface area contributed by atoms with Crippen molar-refractivity contribution in [3.8, 4) is 0 Å². The molecule has 2 rings (SSSR count). The Balaban J connectivity index is 1.48. The van der Waals surface area contributed by atoms with Crippen molar-refractivity contribution in [3.05, 3.63) is 0 Å². The third kappa shape index (κ3) is 4.94. The topological polar surface area (TPSA) is 50.4 Å². The van der Waals surface area contributed by atoms with E-state index in [0.29, 0.717) is 12.3 Å². The summed E-state index contributed by atoms with van der Waals surface area (Å²) in [6, 6.07) is 0. The summed E-state index contributed by atoms with van der Waals surface area (Å²) in [7, 11) is 0. The van der Waals surface area contributed by atoms with Crippen LogP contribution < -0.4 is 10.6 Å². The van der Waals surface area contributed by atoms with Crippen molar-refractivity contribution < 1.29 is 9.53 Å². The van der Waals surface area contributed by atoms with Crippen LogP contribution in [0, 0.1) is 11.8 Å². The first-order chi connectivity index (χ1) is 8.84. The highest BCUT2D eigenvalue weighted by molar-refractivity contribution is 5.75. The number of hydrogen-bond acceptors (Lipinski definition) is 3. The van der Waals surface area contributed by atoms with E-state index in [0.717, 1.165) is 45.2 Å². The van der Waals surface area contributed by atoms with Crippen LogP contribution >= 0.6 is 0 Å². The maximum Gasteiger partial charge on any atom is 0.220 e. The van der Waals surface area contributed by atoms with Gasteiger partial charge in [0, 0.05) is 26.2 Å². The van der Waals surface area contributed by atoms with E-state index in [9.17, 15) is 4.79 Å². The first kappa shape index (κ1) is 13.8. The fourth-order valence-electron chi connectivity index (χ4n) is 2.82. The Labute approximate surface area is 110 Å². The molecule has 2 heterocycles. The highest BCUT2D eigenvalue weighted by atomic mass is 16.5. The zero-order valence-electron chi connectivity index (χ0n) is 11.2. The van der Waals surface area contributed by atoms with Gasteiger partial charge in [-0.25, -0.2) is 0 Å². The molecule has 2 fully saturated rings. The lowest BCUT2D eigenvalue weighted by Crippen LogP contribution is -2.30. The molecule has 0 bridgehead atoms. The minimum atomic E-state index is 0.231. The van der Waals surface area contributed by atoms with E-state index < -0.39 is 0 Å². The van der Waals surface area contributed by atoms with Crippen LogP contribution in [-0.2, 0) is 9.53 Å². The Kier molecular flexibility index (Phi) is 5.94. The molecule has 104 valence electrons. The Morgan fingerprint density at radius 1 is 1.22 bits per heavy atom. The van der Waals surface area contributed by atoms with Crippen molar-refractivity contribution >= 4 is 5.91 Å². The second-order valence-corrected chi connectivity index (χ2v) is 5.61. The maximum atomic E-state index is 11.7. The third-order valence-corrected chi connectivity index (χ3v) is 4.11. The van der Waals surface area contributed by atoms with Gasteiger partial charge in [-0.15, -0.1) is 0 Å². The van der Waals surface area contributed by atoms with Gasteiger partial charge in [-0.05, 0) is 57.0 Å². The van der Waals surface area contributed by atoms with Crippen LogP contribution in [0.5, 0.6) is 0 Å². The van der Waals surface area contributed by atoms with Crippen molar-refractivity contribution in [2.24, 2.45) is 11.8 Å². The summed E-state index contributed by atoms with van der Waals surface area (Å²) in [5.41, 5.74) is 0. The molecule has 0 radical (unpaired) electrons. The average Bonchev–Trinajstić information content (AvgIpc) is 2.91. The number of carbonyl (C=O) groups is 1. The summed E-state index contributed by atoms with van der Waals surface area (Å²) in [5, 5.41) is 6.38. The molecule has 0 saturated carbocycles. The molecule has 2 aliphatic rings. The molecule has 2 aliphatic heterocycles. The van der Waals surface area contributed by atoms with Gasteiger partial charge < -0.3 is 15.4 Å². The number of carbonyl (C=O) groups excluding carboxylic acids is 1. The van der Waals surface area contributed by atoms with Gasteiger partial charge in [0.15, 0.2) is 0 Å². The third-order valence-electron chi connectivity index (χ3n) is 4.11. The first-order valence-electron chi connectivity index (χ1n) is 7.40. The van der Waals surface area contributed by atoms with Crippen molar-refractivity contribution in [1.82, 2.24) is 10.6 Å². The van der Waals surface area contributed by atoms with E-state index in [1.54, 1.807) is 0 Å². The summed E-state index contributed by atoms with van der Waals surface area (Å²) in [4.78, 5) is 11.7. The monoisotopic (exact) mass is 254 g/mol. The minimum Gasteiger partial charge on any atom is -0.381 e. The number of amides is 1. The molecule has 4 nitrogen and oxygen atoms in total. The molecule has 2 saturated heterocycles. The van der Waals surface area contributed by atoms with Gasteiger partial charge in [-0.1, -0.05) is 0 Å².